The van der Waals surface area contributed by atoms with Gasteiger partial charge >= 0.3 is 5.97 Å². The molecule has 2 N–H and O–H groups in total. The van der Waals surface area contributed by atoms with Crippen LogP contribution >= 0.6 is 11.3 Å². The van der Waals surface area contributed by atoms with Crippen molar-refractivity contribution < 1.29 is 17.9 Å². The Kier molecular flexibility index (Phi) is 4.77. The van der Waals surface area contributed by atoms with Crippen LogP contribution in [0.4, 0.5) is 10.7 Å². The van der Waals surface area contributed by atoms with E-state index in [4.69, 9.17) is 5.73 Å². The zero-order chi connectivity index (χ0) is 15.6. The molecule has 2 rings (SSSR count). The fourth-order valence-electron chi connectivity index (χ4n) is 2.50. The summed E-state index contributed by atoms with van der Waals surface area (Å²) in [7, 11) is -2.25. The topological polar surface area (TPSA) is 89.7 Å². The quantitative estimate of drug-likeness (QED) is 0.850. The molecule has 0 aliphatic carbocycles. The van der Waals surface area contributed by atoms with Crippen molar-refractivity contribution >= 4 is 37.8 Å². The molecule has 1 aromatic heterocycles. The van der Waals surface area contributed by atoms with Crippen LogP contribution in [0.15, 0.2) is 4.90 Å². The minimum atomic E-state index is -3.51. The van der Waals surface area contributed by atoms with Gasteiger partial charge in [0.15, 0.2) is 9.84 Å². The highest BCUT2D eigenvalue weighted by molar-refractivity contribution is 7.91. The number of hydrogen-bond donors (Lipinski definition) is 1. The fraction of sp³-hybridized carbons (Fsp3) is 0.615. The maximum atomic E-state index is 12.1. The number of thiophene rings is 1. The van der Waals surface area contributed by atoms with E-state index in [0.717, 1.165) is 56.4 Å². The van der Waals surface area contributed by atoms with Crippen LogP contribution in [0, 0.1) is 0 Å². The third kappa shape index (κ3) is 3.32. The Morgan fingerprint density at radius 3 is 2.29 bits per heavy atom. The Labute approximate surface area is 128 Å². The molecule has 21 heavy (non-hydrogen) atoms. The second-order valence-corrected chi connectivity index (χ2v) is 8.10. The molecule has 0 aromatic carbocycles. The zero-order valence-corrected chi connectivity index (χ0v) is 13.8. The summed E-state index contributed by atoms with van der Waals surface area (Å²) in [6.07, 6.45) is 5.40. The number of nitrogens with zero attached hydrogens (tertiary/aromatic N) is 1. The van der Waals surface area contributed by atoms with Crippen LogP contribution in [0.5, 0.6) is 0 Å². The summed E-state index contributed by atoms with van der Waals surface area (Å²) >= 11 is 1.11. The molecule has 118 valence electrons. The number of esters is 1. The van der Waals surface area contributed by atoms with Crippen molar-refractivity contribution in [2.24, 2.45) is 0 Å². The Bertz CT molecular complexity index is 629. The minimum Gasteiger partial charge on any atom is -0.465 e. The summed E-state index contributed by atoms with van der Waals surface area (Å²) < 4.78 is 28.8. The number of nitrogens with two attached hydrogens (primary N) is 1. The van der Waals surface area contributed by atoms with Crippen molar-refractivity contribution in [1.82, 2.24) is 0 Å². The third-order valence-corrected chi connectivity index (χ3v) is 6.05. The van der Waals surface area contributed by atoms with Crippen molar-refractivity contribution in [1.29, 1.82) is 0 Å². The maximum Gasteiger partial charge on any atom is 0.350 e. The lowest BCUT2D eigenvalue weighted by Crippen LogP contribution is -2.24. The molecule has 1 fully saturated rings. The molecule has 1 saturated heterocycles. The van der Waals surface area contributed by atoms with E-state index < -0.39 is 15.8 Å². The van der Waals surface area contributed by atoms with Crippen LogP contribution in [0.25, 0.3) is 0 Å². The number of methoxy groups -OCH3 is 1. The second kappa shape index (κ2) is 6.23. The van der Waals surface area contributed by atoms with Gasteiger partial charge in [0.25, 0.3) is 0 Å². The summed E-state index contributed by atoms with van der Waals surface area (Å²) in [6, 6.07) is 0. The van der Waals surface area contributed by atoms with E-state index in [9.17, 15) is 13.2 Å². The average molecular weight is 332 g/mol. The summed E-state index contributed by atoms with van der Waals surface area (Å²) in [4.78, 5) is 14.0. The van der Waals surface area contributed by atoms with Crippen LogP contribution in [-0.2, 0) is 14.6 Å². The van der Waals surface area contributed by atoms with E-state index in [1.807, 2.05) is 4.90 Å². The van der Waals surface area contributed by atoms with E-state index in [2.05, 4.69) is 4.74 Å². The lowest BCUT2D eigenvalue weighted by atomic mass is 10.2. The van der Waals surface area contributed by atoms with Gasteiger partial charge in [-0.3, -0.25) is 0 Å². The van der Waals surface area contributed by atoms with Gasteiger partial charge in [-0.2, -0.15) is 0 Å². The molecule has 0 amide bonds. The van der Waals surface area contributed by atoms with Crippen LogP contribution in [0.2, 0.25) is 0 Å². The van der Waals surface area contributed by atoms with Crippen LogP contribution < -0.4 is 10.6 Å². The number of nitrogen functional groups attached to an aromatic ring is 1. The molecule has 1 aliphatic rings. The second-order valence-electron chi connectivity index (χ2n) is 5.14. The van der Waals surface area contributed by atoms with Crippen LogP contribution in [-0.4, -0.2) is 40.8 Å². The standard InChI is InChI=1S/C13H20N2O4S2/c1-19-13(16)10-9(14)11(21(2,17)18)12(20-10)15-7-5-3-4-6-8-15/h3-8,14H2,1-2H3. The molecule has 0 atom stereocenters. The predicted octanol–water partition coefficient (Wildman–Crippen LogP) is 1.90. The highest BCUT2D eigenvalue weighted by Gasteiger charge is 2.30. The number of hydrogen-bond acceptors (Lipinski definition) is 7. The molecule has 0 spiro atoms. The zero-order valence-electron chi connectivity index (χ0n) is 12.2. The van der Waals surface area contributed by atoms with Crippen molar-refractivity contribution in [2.75, 3.05) is 37.1 Å². The number of anilines is 2. The van der Waals surface area contributed by atoms with Gasteiger partial charge in [0.2, 0.25) is 0 Å². The van der Waals surface area contributed by atoms with Crippen LogP contribution in [0.1, 0.15) is 35.4 Å². The van der Waals surface area contributed by atoms with Gasteiger partial charge in [-0.1, -0.05) is 12.8 Å². The summed E-state index contributed by atoms with van der Waals surface area (Å²) in [5, 5.41) is 0.567. The molecule has 2 heterocycles. The monoisotopic (exact) mass is 332 g/mol. The Balaban J connectivity index is 2.55. The van der Waals surface area contributed by atoms with Crippen molar-refractivity contribution in [3.05, 3.63) is 4.88 Å². The van der Waals surface area contributed by atoms with E-state index in [1.54, 1.807) is 0 Å². The van der Waals surface area contributed by atoms with Gasteiger partial charge in [0.1, 0.15) is 14.8 Å². The molecule has 1 aromatic rings. The molecule has 0 saturated carbocycles. The van der Waals surface area contributed by atoms with E-state index in [0.29, 0.717) is 5.00 Å². The van der Waals surface area contributed by atoms with E-state index in [-0.39, 0.29) is 15.5 Å². The first kappa shape index (κ1) is 16.1. The molecule has 6 nitrogen and oxygen atoms in total. The average Bonchev–Trinajstić information content (AvgIpc) is 2.62. The Morgan fingerprint density at radius 1 is 1.24 bits per heavy atom. The van der Waals surface area contributed by atoms with Crippen molar-refractivity contribution in [3.63, 3.8) is 0 Å². The molecule has 0 bridgehead atoms. The van der Waals surface area contributed by atoms with E-state index in [1.165, 1.54) is 7.11 Å². The Hall–Kier alpha value is -1.28. The van der Waals surface area contributed by atoms with Gasteiger partial charge in [0.05, 0.1) is 12.8 Å². The van der Waals surface area contributed by atoms with Crippen molar-refractivity contribution in [3.8, 4) is 0 Å². The van der Waals surface area contributed by atoms with Gasteiger partial charge < -0.3 is 15.4 Å². The highest BCUT2D eigenvalue weighted by atomic mass is 32.2. The SMILES string of the molecule is COC(=O)c1sc(N2CCCCCC2)c(S(C)(=O)=O)c1N. The highest BCUT2D eigenvalue weighted by Crippen LogP contribution is 2.42. The normalized spacial score (nSPS) is 16.6. The molecule has 1 aliphatic heterocycles. The maximum absolute atomic E-state index is 12.1. The third-order valence-electron chi connectivity index (χ3n) is 3.52. The Morgan fingerprint density at radius 2 is 1.81 bits per heavy atom. The van der Waals surface area contributed by atoms with E-state index >= 15 is 0 Å². The van der Waals surface area contributed by atoms with Gasteiger partial charge in [-0.05, 0) is 12.8 Å². The fourth-order valence-corrected chi connectivity index (χ4v) is 5.18. The number of carbonyl (C=O) groups excluding carboxylic acids is 1. The first-order chi connectivity index (χ1) is 9.86. The summed E-state index contributed by atoms with van der Waals surface area (Å²) in [5.41, 5.74) is 5.92. The number of rotatable bonds is 3. The molecule has 8 heteroatoms. The molecule has 0 radical (unpaired) electrons. The van der Waals surface area contributed by atoms with Crippen LogP contribution in [0.3, 0.4) is 0 Å². The lowest BCUT2D eigenvalue weighted by molar-refractivity contribution is 0.0607. The number of carbonyl (C=O) groups is 1. The summed E-state index contributed by atoms with van der Waals surface area (Å²) in [6.45, 7) is 1.56. The minimum absolute atomic E-state index is 0.00796. The van der Waals surface area contributed by atoms with Gasteiger partial charge in [-0.15, -0.1) is 11.3 Å². The largest absolute Gasteiger partial charge is 0.465 e. The molecular formula is C13H20N2O4S2. The predicted molar refractivity (Wildman–Crippen MR) is 83.9 cm³/mol. The molecular weight excluding hydrogens is 312 g/mol. The molecule has 0 unspecified atom stereocenters. The van der Waals surface area contributed by atoms with Gasteiger partial charge in [0, 0.05) is 19.3 Å². The lowest BCUT2D eigenvalue weighted by Gasteiger charge is -2.21. The first-order valence-electron chi connectivity index (χ1n) is 6.82. The van der Waals surface area contributed by atoms with Crippen molar-refractivity contribution in [2.45, 2.75) is 30.6 Å². The number of sulfone groups is 1. The summed E-state index contributed by atoms with van der Waals surface area (Å²) in [5.74, 6) is -0.594. The van der Waals surface area contributed by atoms with Gasteiger partial charge in [-0.25, -0.2) is 13.2 Å². The first-order valence-corrected chi connectivity index (χ1v) is 9.52. The smallest absolute Gasteiger partial charge is 0.350 e. The number of ether oxygens (including phenoxy) is 1.